The highest BCUT2D eigenvalue weighted by Crippen LogP contribution is 2.22. The van der Waals surface area contributed by atoms with E-state index in [2.05, 4.69) is 26.2 Å². The van der Waals surface area contributed by atoms with E-state index in [1.807, 2.05) is 25.1 Å². The van der Waals surface area contributed by atoms with E-state index in [1.165, 1.54) is 12.1 Å². The van der Waals surface area contributed by atoms with Gasteiger partial charge in [-0.25, -0.2) is 4.98 Å². The van der Waals surface area contributed by atoms with Crippen molar-refractivity contribution < 1.29 is 4.79 Å². The molecule has 0 bridgehead atoms. The molecule has 98 valence electrons. The van der Waals surface area contributed by atoms with Gasteiger partial charge in [0.25, 0.3) is 5.91 Å². The average molecular weight is 360 g/mol. The van der Waals surface area contributed by atoms with Crippen molar-refractivity contribution in [3.8, 4) is 0 Å². The van der Waals surface area contributed by atoms with E-state index < -0.39 is 0 Å². The van der Waals surface area contributed by atoms with Gasteiger partial charge in [-0.15, -0.1) is 0 Å². The lowest BCUT2D eigenvalue weighted by atomic mass is 10.2. The normalized spacial score (nSPS) is 10.3. The Hall–Kier alpha value is -1.10. The van der Waals surface area contributed by atoms with Gasteiger partial charge in [0.2, 0.25) is 0 Å². The van der Waals surface area contributed by atoms with Gasteiger partial charge in [0.1, 0.15) is 10.3 Å². The third-order valence-electron chi connectivity index (χ3n) is 2.47. The van der Waals surface area contributed by atoms with Crippen molar-refractivity contribution in [1.29, 1.82) is 0 Å². The van der Waals surface area contributed by atoms with Crippen LogP contribution in [-0.2, 0) is 0 Å². The molecule has 0 fully saturated rings. The van der Waals surface area contributed by atoms with Gasteiger partial charge in [-0.3, -0.25) is 4.79 Å². The first kappa shape index (κ1) is 14.3. The van der Waals surface area contributed by atoms with E-state index in [0.717, 1.165) is 15.7 Å². The summed E-state index contributed by atoms with van der Waals surface area (Å²) in [6, 6.07) is 8.58. The number of aryl methyl sites for hydroxylation is 1. The number of anilines is 1. The van der Waals surface area contributed by atoms with Crippen molar-refractivity contribution in [3.63, 3.8) is 0 Å². The molecule has 0 atom stereocenters. The third kappa shape index (κ3) is 3.69. The van der Waals surface area contributed by atoms with Crippen LogP contribution in [0.2, 0.25) is 10.3 Å². The Labute approximate surface area is 129 Å². The highest BCUT2D eigenvalue weighted by atomic mass is 79.9. The predicted molar refractivity (Wildman–Crippen MR) is 81.1 cm³/mol. The number of rotatable bonds is 2. The molecule has 6 heteroatoms. The van der Waals surface area contributed by atoms with Gasteiger partial charge >= 0.3 is 0 Å². The van der Waals surface area contributed by atoms with E-state index in [9.17, 15) is 4.79 Å². The lowest BCUT2D eigenvalue weighted by Crippen LogP contribution is -2.13. The van der Waals surface area contributed by atoms with E-state index in [-0.39, 0.29) is 16.2 Å². The predicted octanol–water partition coefficient (Wildman–Crippen LogP) is 4.71. The zero-order valence-electron chi connectivity index (χ0n) is 9.88. The summed E-state index contributed by atoms with van der Waals surface area (Å²) in [4.78, 5) is 15.9. The van der Waals surface area contributed by atoms with Crippen LogP contribution in [0, 0.1) is 6.92 Å². The van der Waals surface area contributed by atoms with E-state index >= 15 is 0 Å². The average Bonchev–Trinajstić information content (AvgIpc) is 2.32. The molecule has 1 amide bonds. The van der Waals surface area contributed by atoms with Crippen LogP contribution in [0.1, 0.15) is 15.9 Å². The number of amides is 1. The number of halogens is 3. The topological polar surface area (TPSA) is 42.0 Å². The van der Waals surface area contributed by atoms with Gasteiger partial charge < -0.3 is 5.32 Å². The van der Waals surface area contributed by atoms with Crippen LogP contribution < -0.4 is 5.32 Å². The fourth-order valence-electron chi connectivity index (χ4n) is 1.52. The fourth-order valence-corrected chi connectivity index (χ4v) is 2.34. The maximum absolute atomic E-state index is 12.1. The fraction of sp³-hybridized carbons (Fsp3) is 0.0769. The third-order valence-corrected chi connectivity index (χ3v) is 3.35. The molecule has 2 rings (SSSR count). The van der Waals surface area contributed by atoms with Crippen LogP contribution in [0.15, 0.2) is 34.8 Å². The monoisotopic (exact) mass is 358 g/mol. The Bertz CT molecular complexity index is 626. The second kappa shape index (κ2) is 5.90. The van der Waals surface area contributed by atoms with Crippen LogP contribution in [0.4, 0.5) is 5.69 Å². The number of nitrogens with one attached hydrogen (secondary N) is 1. The van der Waals surface area contributed by atoms with Gasteiger partial charge in [0.15, 0.2) is 0 Å². The first-order valence-electron chi connectivity index (χ1n) is 5.36. The minimum atomic E-state index is -0.285. The molecule has 0 saturated carbocycles. The van der Waals surface area contributed by atoms with Crippen molar-refractivity contribution in [2.75, 3.05) is 5.32 Å². The van der Waals surface area contributed by atoms with Gasteiger partial charge in [-0.1, -0.05) is 45.2 Å². The van der Waals surface area contributed by atoms with Crippen molar-refractivity contribution in [2.45, 2.75) is 6.92 Å². The Balaban J connectivity index is 2.28. The lowest BCUT2D eigenvalue weighted by molar-refractivity contribution is 0.102. The summed E-state index contributed by atoms with van der Waals surface area (Å²) in [5.41, 5.74) is 2.05. The summed E-state index contributed by atoms with van der Waals surface area (Å²) in [5.74, 6) is -0.285. The molecule has 2 aromatic rings. The van der Waals surface area contributed by atoms with E-state index in [1.54, 1.807) is 0 Å². The lowest BCUT2D eigenvalue weighted by Gasteiger charge is -2.09. The van der Waals surface area contributed by atoms with Crippen LogP contribution >= 0.6 is 39.1 Å². The number of benzene rings is 1. The van der Waals surface area contributed by atoms with Crippen LogP contribution in [-0.4, -0.2) is 10.9 Å². The molecule has 1 heterocycles. The van der Waals surface area contributed by atoms with E-state index in [0.29, 0.717) is 5.56 Å². The largest absolute Gasteiger partial charge is 0.322 e. The number of hydrogen-bond acceptors (Lipinski definition) is 2. The molecule has 0 aliphatic carbocycles. The summed E-state index contributed by atoms with van der Waals surface area (Å²) >= 11 is 14.9. The number of nitrogens with zero attached hydrogens (tertiary/aromatic N) is 1. The smallest absolute Gasteiger partial charge is 0.255 e. The van der Waals surface area contributed by atoms with E-state index in [4.69, 9.17) is 23.2 Å². The summed E-state index contributed by atoms with van der Waals surface area (Å²) in [7, 11) is 0. The highest BCUT2D eigenvalue weighted by molar-refractivity contribution is 9.10. The van der Waals surface area contributed by atoms with Gasteiger partial charge in [-0.2, -0.15) is 0 Å². The molecule has 1 aromatic heterocycles. The zero-order chi connectivity index (χ0) is 14.0. The Morgan fingerprint density at radius 1 is 1.21 bits per heavy atom. The van der Waals surface area contributed by atoms with Crippen molar-refractivity contribution in [1.82, 2.24) is 4.98 Å². The van der Waals surface area contributed by atoms with Crippen molar-refractivity contribution in [2.24, 2.45) is 0 Å². The summed E-state index contributed by atoms with van der Waals surface area (Å²) < 4.78 is 0.888. The Morgan fingerprint density at radius 2 is 1.84 bits per heavy atom. The zero-order valence-corrected chi connectivity index (χ0v) is 13.0. The van der Waals surface area contributed by atoms with Gasteiger partial charge in [0.05, 0.1) is 0 Å². The number of pyridine rings is 1. The summed E-state index contributed by atoms with van der Waals surface area (Å²) in [6.45, 7) is 1.91. The van der Waals surface area contributed by atoms with Crippen LogP contribution in [0.3, 0.4) is 0 Å². The molecule has 0 unspecified atom stereocenters. The molecule has 0 aliphatic rings. The first-order valence-corrected chi connectivity index (χ1v) is 6.91. The second-order valence-electron chi connectivity index (χ2n) is 3.91. The minimum absolute atomic E-state index is 0.184. The van der Waals surface area contributed by atoms with Crippen molar-refractivity contribution in [3.05, 3.63) is 56.2 Å². The van der Waals surface area contributed by atoms with Crippen molar-refractivity contribution >= 4 is 50.7 Å². The number of carbonyl (C=O) groups excluding carboxylic acids is 1. The molecule has 0 radical (unpaired) electrons. The molecule has 0 saturated heterocycles. The van der Waals surface area contributed by atoms with Gasteiger partial charge in [0, 0.05) is 15.7 Å². The second-order valence-corrected chi connectivity index (χ2v) is 5.60. The Kier molecular flexibility index (Phi) is 4.45. The quantitative estimate of drug-likeness (QED) is 0.789. The molecular weight excluding hydrogens is 351 g/mol. The molecule has 1 aromatic carbocycles. The number of carbonyl (C=O) groups is 1. The highest BCUT2D eigenvalue weighted by Gasteiger charge is 2.10. The SMILES string of the molecule is Cc1ccc(Br)cc1NC(=O)c1cc(Cl)nc(Cl)c1. The number of hydrogen-bond donors (Lipinski definition) is 1. The summed E-state index contributed by atoms with van der Waals surface area (Å²) in [5, 5.41) is 3.18. The van der Waals surface area contributed by atoms with Gasteiger partial charge in [-0.05, 0) is 36.8 Å². The van der Waals surface area contributed by atoms with Crippen LogP contribution in [0.25, 0.3) is 0 Å². The van der Waals surface area contributed by atoms with Crippen LogP contribution in [0.5, 0.6) is 0 Å². The number of aromatic nitrogens is 1. The molecule has 0 spiro atoms. The standard InChI is InChI=1S/C13H9BrCl2N2O/c1-7-2-3-9(14)6-10(7)17-13(19)8-4-11(15)18-12(16)5-8/h2-6H,1H3,(H,17,19). The maximum Gasteiger partial charge on any atom is 0.255 e. The minimum Gasteiger partial charge on any atom is -0.322 e. The molecule has 3 nitrogen and oxygen atoms in total. The Morgan fingerprint density at radius 3 is 2.47 bits per heavy atom. The molecule has 1 N–H and O–H groups in total. The molecule has 19 heavy (non-hydrogen) atoms. The molecule has 0 aliphatic heterocycles. The first-order chi connectivity index (χ1) is 8.95. The molecular formula is C13H9BrCl2N2O. The summed E-state index contributed by atoms with van der Waals surface area (Å²) in [6.07, 6.45) is 0. The maximum atomic E-state index is 12.1.